The monoisotopic (exact) mass is 825 g/mol. The number of hydrogen-bond acceptors (Lipinski definition) is 9. The van der Waals surface area contributed by atoms with Crippen molar-refractivity contribution in [3.8, 4) is 5.75 Å². The van der Waals surface area contributed by atoms with Crippen molar-refractivity contribution < 1.29 is 42.4 Å². The predicted molar refractivity (Wildman–Crippen MR) is 196 cm³/mol. The number of phenols is 1. The second-order valence-corrected chi connectivity index (χ2v) is 15.2. The highest BCUT2D eigenvalue weighted by Crippen LogP contribution is 2.65. The first kappa shape index (κ1) is 37.4. The van der Waals surface area contributed by atoms with Crippen molar-refractivity contribution >= 4 is 75.6 Å². The lowest BCUT2D eigenvalue weighted by Gasteiger charge is -2.50. The number of carbonyl (C=O) groups is 4. The molecule has 6 unspecified atom stereocenters. The summed E-state index contributed by atoms with van der Waals surface area (Å²) >= 11 is 19.0. The maximum absolute atomic E-state index is 15.3. The summed E-state index contributed by atoms with van der Waals surface area (Å²) in [6.07, 6.45) is -2.77. The molecule has 3 fully saturated rings. The van der Waals surface area contributed by atoms with Crippen molar-refractivity contribution in [2.24, 2.45) is 23.7 Å². The zero-order valence-corrected chi connectivity index (χ0v) is 30.6. The number of nitro benzene ring substituents is 1. The Kier molecular flexibility index (Phi) is 8.90. The van der Waals surface area contributed by atoms with E-state index in [1.54, 1.807) is 18.2 Å². The molecule has 286 valence electrons. The normalized spacial score (nSPS) is 25.8. The van der Waals surface area contributed by atoms with E-state index in [1.807, 2.05) is 0 Å². The van der Waals surface area contributed by atoms with Crippen molar-refractivity contribution in [1.82, 2.24) is 9.99 Å². The number of hydrazine groups is 1. The van der Waals surface area contributed by atoms with Crippen LogP contribution in [-0.2, 0) is 30.8 Å². The summed E-state index contributed by atoms with van der Waals surface area (Å²) in [7, 11) is 0. The van der Waals surface area contributed by atoms with Gasteiger partial charge in [0.15, 0.2) is 5.82 Å². The number of nitrogens with one attached hydrogen (secondary N) is 1. The molecular formula is C38H25Cl3F3N5O7. The number of allylic oxidation sites excluding steroid dienone is 2. The predicted octanol–water partition coefficient (Wildman–Crippen LogP) is 7.86. The number of carbonyl (C=O) groups excluding carboxylic acids is 4. The number of anilines is 2. The van der Waals surface area contributed by atoms with E-state index in [0.717, 1.165) is 11.0 Å². The number of pyridine rings is 1. The van der Waals surface area contributed by atoms with Crippen LogP contribution in [0.25, 0.3) is 0 Å². The van der Waals surface area contributed by atoms with Gasteiger partial charge in [0.05, 0.1) is 44.4 Å². The summed E-state index contributed by atoms with van der Waals surface area (Å²) < 4.78 is 40.4. The van der Waals surface area contributed by atoms with Gasteiger partial charge in [0.1, 0.15) is 5.75 Å². The van der Waals surface area contributed by atoms with Crippen LogP contribution >= 0.6 is 34.8 Å². The lowest BCUT2D eigenvalue weighted by atomic mass is 9.49. The number of aromatic nitrogens is 1. The van der Waals surface area contributed by atoms with Gasteiger partial charge >= 0.3 is 6.18 Å². The van der Waals surface area contributed by atoms with Gasteiger partial charge in [-0.15, -0.1) is 0 Å². The minimum atomic E-state index is -4.79. The Bertz CT molecular complexity index is 2430. The minimum Gasteiger partial charge on any atom is -0.508 e. The van der Waals surface area contributed by atoms with Crippen LogP contribution in [0.1, 0.15) is 35.4 Å². The van der Waals surface area contributed by atoms with Gasteiger partial charge in [0.25, 0.3) is 17.5 Å². The number of phenolic OH excluding ortho intramolecular Hbond substituents is 1. The molecule has 3 heterocycles. The molecule has 0 bridgehead atoms. The summed E-state index contributed by atoms with van der Waals surface area (Å²) in [4.78, 5) is 74.1. The maximum atomic E-state index is 15.3. The van der Waals surface area contributed by atoms with Gasteiger partial charge in [-0.3, -0.25) is 34.7 Å². The summed E-state index contributed by atoms with van der Waals surface area (Å²) in [5.41, 5.74) is -0.0472. The fraction of sp³-hybridized carbons (Fsp3) is 0.237. The highest BCUT2D eigenvalue weighted by atomic mass is 35.5. The number of benzene rings is 3. The van der Waals surface area contributed by atoms with Gasteiger partial charge < -0.3 is 5.11 Å². The Balaban J connectivity index is 1.31. The molecule has 8 rings (SSSR count). The van der Waals surface area contributed by atoms with Crippen LogP contribution in [0.2, 0.25) is 15.1 Å². The maximum Gasteiger partial charge on any atom is 0.417 e. The smallest absolute Gasteiger partial charge is 0.417 e. The van der Waals surface area contributed by atoms with E-state index in [9.17, 15) is 42.8 Å². The summed E-state index contributed by atoms with van der Waals surface area (Å²) in [5.74, 6) is -9.24. The zero-order valence-electron chi connectivity index (χ0n) is 28.3. The van der Waals surface area contributed by atoms with Crippen LogP contribution in [0.3, 0.4) is 0 Å². The van der Waals surface area contributed by atoms with E-state index in [1.165, 1.54) is 48.5 Å². The van der Waals surface area contributed by atoms with Crippen LogP contribution in [0.4, 0.5) is 30.4 Å². The number of fused-ring (bicyclic) bond motifs is 4. The Hall–Kier alpha value is -5.51. The van der Waals surface area contributed by atoms with Crippen LogP contribution in [0.15, 0.2) is 90.6 Å². The molecular weight excluding hydrogens is 802 g/mol. The van der Waals surface area contributed by atoms with E-state index in [0.29, 0.717) is 27.9 Å². The van der Waals surface area contributed by atoms with E-state index < -0.39 is 86.1 Å². The minimum absolute atomic E-state index is 0.000869. The first-order valence-corrected chi connectivity index (χ1v) is 18.1. The third kappa shape index (κ3) is 5.62. The van der Waals surface area contributed by atoms with Crippen molar-refractivity contribution in [3.05, 3.63) is 133 Å². The fourth-order valence-electron chi connectivity index (χ4n) is 8.88. The number of imide groups is 2. The Morgan fingerprint density at radius 3 is 2.30 bits per heavy atom. The number of amides is 4. The average Bonchev–Trinajstić information content (AvgIpc) is 3.54. The molecule has 4 aliphatic rings. The number of aromatic hydroxyl groups is 1. The first-order chi connectivity index (χ1) is 26.5. The van der Waals surface area contributed by atoms with Gasteiger partial charge in [-0.2, -0.15) is 18.2 Å². The quantitative estimate of drug-likeness (QED) is 0.0853. The molecule has 4 amide bonds. The van der Waals surface area contributed by atoms with Crippen molar-refractivity contribution in [1.29, 1.82) is 0 Å². The largest absolute Gasteiger partial charge is 0.508 e. The van der Waals surface area contributed by atoms with Gasteiger partial charge in [-0.1, -0.05) is 64.7 Å². The lowest BCUT2D eigenvalue weighted by Crippen LogP contribution is -2.53. The average molecular weight is 827 g/mol. The molecule has 0 radical (unpaired) electrons. The number of halogens is 6. The van der Waals surface area contributed by atoms with Crippen LogP contribution in [0, 0.1) is 33.8 Å². The van der Waals surface area contributed by atoms with Crippen LogP contribution < -0.4 is 10.3 Å². The molecule has 56 heavy (non-hydrogen) atoms. The lowest BCUT2D eigenvalue weighted by molar-refractivity contribution is -0.384. The standard InChI is InChI=1S/C38H25Cl3F3N5O7/c39-19-6-4-17(5-7-19)37-27(34(52)48(36(37)54)46-32-28(41)12-18(16-45-32)38(42,43)44)15-25-23(31(37)26-13-20(40)8-11-29(26)50)9-10-24-30(25)35(53)47(33(24)51)21-2-1-3-22(14-21)49(55)56/h1-9,11-14,16,24-25,27,30-31,50H,10,15H2,(H,45,46). The SMILES string of the molecule is O=C1C2CC3C(=CCC4C(=O)N(c5cccc([N+](=O)[O-])c5)C(=O)C43)C(c3cc(Cl)ccc3O)C2(c2ccc(Cl)cc2)C(=O)N1Nc1ncc(C(F)(F)F)cc1Cl. The molecule has 2 aliphatic heterocycles. The Labute approximate surface area is 329 Å². The number of non-ortho nitro benzene ring substituents is 1. The third-order valence-electron chi connectivity index (χ3n) is 11.2. The number of alkyl halides is 3. The second kappa shape index (κ2) is 13.3. The number of hydrogen-bond donors (Lipinski definition) is 2. The molecule has 12 nitrogen and oxygen atoms in total. The highest BCUT2D eigenvalue weighted by Gasteiger charge is 2.70. The molecule has 2 aliphatic carbocycles. The zero-order chi connectivity index (χ0) is 40.0. The van der Waals surface area contributed by atoms with Gasteiger partial charge in [-0.05, 0) is 66.8 Å². The summed E-state index contributed by atoms with van der Waals surface area (Å²) in [6, 6.07) is 15.9. The summed E-state index contributed by atoms with van der Waals surface area (Å²) in [5, 5.41) is 23.6. The van der Waals surface area contributed by atoms with E-state index >= 15 is 4.79 Å². The Morgan fingerprint density at radius 2 is 1.62 bits per heavy atom. The van der Waals surface area contributed by atoms with Gasteiger partial charge in [-0.25, -0.2) is 9.88 Å². The topological polar surface area (TPSA) is 163 Å². The highest BCUT2D eigenvalue weighted by molar-refractivity contribution is 6.33. The van der Waals surface area contributed by atoms with Crippen LogP contribution in [0.5, 0.6) is 5.75 Å². The van der Waals surface area contributed by atoms with Crippen molar-refractivity contribution in [2.45, 2.75) is 30.4 Å². The number of rotatable bonds is 6. The summed E-state index contributed by atoms with van der Waals surface area (Å²) in [6.45, 7) is 0. The molecule has 2 saturated heterocycles. The Morgan fingerprint density at radius 1 is 0.911 bits per heavy atom. The third-order valence-corrected chi connectivity index (χ3v) is 11.9. The van der Waals surface area contributed by atoms with Crippen molar-refractivity contribution in [3.63, 3.8) is 0 Å². The number of nitro groups is 1. The molecule has 0 spiro atoms. The van der Waals surface area contributed by atoms with E-state index in [4.69, 9.17) is 34.8 Å². The first-order valence-electron chi connectivity index (χ1n) is 17.0. The molecule has 3 aromatic carbocycles. The number of nitrogens with zero attached hydrogens (tertiary/aromatic N) is 4. The second-order valence-electron chi connectivity index (χ2n) is 13.9. The molecule has 1 aromatic heterocycles. The molecule has 4 aromatic rings. The van der Waals surface area contributed by atoms with E-state index in [-0.39, 0.29) is 46.1 Å². The molecule has 1 saturated carbocycles. The van der Waals surface area contributed by atoms with Gasteiger partial charge in [0, 0.05) is 39.9 Å². The molecule has 18 heteroatoms. The van der Waals surface area contributed by atoms with Crippen molar-refractivity contribution in [2.75, 3.05) is 10.3 Å². The van der Waals surface area contributed by atoms with Gasteiger partial charge in [0.2, 0.25) is 11.8 Å². The fourth-order valence-corrected chi connectivity index (χ4v) is 9.40. The van der Waals surface area contributed by atoms with E-state index in [2.05, 4.69) is 10.4 Å². The van der Waals surface area contributed by atoms with Crippen LogP contribution in [-0.4, -0.2) is 43.7 Å². The molecule has 6 atom stereocenters. The molecule has 2 N–H and O–H groups in total.